The smallest absolute Gasteiger partial charge is 0.253 e. The Hall–Kier alpha value is -1.88. The van der Waals surface area contributed by atoms with Gasteiger partial charge in [-0.3, -0.25) is 9.78 Å². The third kappa shape index (κ3) is 4.55. The van der Waals surface area contributed by atoms with Gasteiger partial charge < -0.3 is 10.6 Å². The minimum Gasteiger partial charge on any atom is -0.354 e. The number of hydrogen-bond acceptors (Lipinski definition) is 3. The molecule has 1 aliphatic rings. The van der Waals surface area contributed by atoms with Crippen LogP contribution in [0.3, 0.4) is 0 Å². The second-order valence-electron chi connectivity index (χ2n) is 5.90. The highest BCUT2D eigenvalue weighted by Gasteiger charge is 2.17. The normalized spacial score (nSPS) is 15.2. The van der Waals surface area contributed by atoms with E-state index in [0.29, 0.717) is 11.6 Å². The molecule has 1 saturated carbocycles. The molecule has 0 bridgehead atoms. The quantitative estimate of drug-likeness (QED) is 0.819. The van der Waals surface area contributed by atoms with Crippen molar-refractivity contribution in [1.29, 1.82) is 0 Å². The van der Waals surface area contributed by atoms with Crippen LogP contribution in [0.25, 0.3) is 0 Å². The number of rotatable bonds is 4. The van der Waals surface area contributed by atoms with E-state index in [1.54, 1.807) is 12.4 Å². The molecule has 1 aromatic carbocycles. The van der Waals surface area contributed by atoms with Gasteiger partial charge in [-0.05, 0) is 43.2 Å². The number of halogens is 1. The van der Waals surface area contributed by atoms with Crippen LogP contribution in [0.4, 0.5) is 11.4 Å². The molecule has 0 spiro atoms. The van der Waals surface area contributed by atoms with Gasteiger partial charge in [0.05, 0.1) is 17.4 Å². The van der Waals surface area contributed by atoms with Crippen molar-refractivity contribution >= 4 is 33.2 Å². The van der Waals surface area contributed by atoms with E-state index in [9.17, 15) is 4.79 Å². The van der Waals surface area contributed by atoms with Crippen molar-refractivity contribution in [1.82, 2.24) is 10.3 Å². The molecular weight excluding hydrogens is 354 g/mol. The first kappa shape index (κ1) is 16.0. The van der Waals surface area contributed by atoms with Gasteiger partial charge in [0.1, 0.15) is 0 Å². The van der Waals surface area contributed by atoms with Crippen molar-refractivity contribution < 1.29 is 4.79 Å². The maximum absolute atomic E-state index is 12.4. The third-order valence-electron chi connectivity index (χ3n) is 4.07. The fourth-order valence-electron chi connectivity index (χ4n) is 2.85. The minimum absolute atomic E-state index is 0.0381. The van der Waals surface area contributed by atoms with E-state index in [-0.39, 0.29) is 5.91 Å². The molecule has 4 nitrogen and oxygen atoms in total. The summed E-state index contributed by atoms with van der Waals surface area (Å²) >= 11 is 3.42. The van der Waals surface area contributed by atoms with E-state index in [2.05, 4.69) is 31.5 Å². The second-order valence-corrected chi connectivity index (χ2v) is 6.82. The van der Waals surface area contributed by atoms with E-state index in [4.69, 9.17) is 0 Å². The number of anilines is 2. The Morgan fingerprint density at radius 3 is 2.52 bits per heavy atom. The van der Waals surface area contributed by atoms with Gasteiger partial charge in [0.25, 0.3) is 5.91 Å². The summed E-state index contributed by atoms with van der Waals surface area (Å²) in [6.45, 7) is 0. The average molecular weight is 374 g/mol. The Bertz CT molecular complexity index is 666. The van der Waals surface area contributed by atoms with E-state index in [1.165, 1.54) is 19.3 Å². The van der Waals surface area contributed by atoms with Crippen LogP contribution in [-0.2, 0) is 0 Å². The van der Waals surface area contributed by atoms with Gasteiger partial charge in [0, 0.05) is 22.4 Å². The van der Waals surface area contributed by atoms with Crippen LogP contribution in [0.1, 0.15) is 42.5 Å². The monoisotopic (exact) mass is 373 g/mol. The van der Waals surface area contributed by atoms with Crippen molar-refractivity contribution in [2.75, 3.05) is 5.32 Å². The highest BCUT2D eigenvalue weighted by atomic mass is 79.9. The zero-order valence-corrected chi connectivity index (χ0v) is 14.5. The van der Waals surface area contributed by atoms with Gasteiger partial charge >= 0.3 is 0 Å². The molecule has 3 rings (SSSR count). The number of aromatic nitrogens is 1. The van der Waals surface area contributed by atoms with Crippen LogP contribution in [0, 0.1) is 0 Å². The lowest BCUT2D eigenvalue weighted by Crippen LogP contribution is -2.36. The summed E-state index contributed by atoms with van der Waals surface area (Å²) in [6.07, 6.45) is 9.18. The van der Waals surface area contributed by atoms with Gasteiger partial charge in [-0.2, -0.15) is 0 Å². The van der Waals surface area contributed by atoms with E-state index in [1.807, 2.05) is 30.3 Å². The maximum atomic E-state index is 12.4. The first-order valence-electron chi connectivity index (χ1n) is 7.99. The van der Waals surface area contributed by atoms with Crippen molar-refractivity contribution in [3.63, 3.8) is 0 Å². The van der Waals surface area contributed by atoms with Crippen molar-refractivity contribution in [3.05, 3.63) is 52.8 Å². The molecular formula is C18H20BrN3O. The van der Waals surface area contributed by atoms with Crippen molar-refractivity contribution in [2.45, 2.75) is 38.1 Å². The minimum atomic E-state index is -0.0381. The zero-order chi connectivity index (χ0) is 16.1. The van der Waals surface area contributed by atoms with Crippen LogP contribution in [0.5, 0.6) is 0 Å². The molecule has 0 atom stereocenters. The summed E-state index contributed by atoms with van der Waals surface area (Å²) in [7, 11) is 0. The number of nitrogens with one attached hydrogen (secondary N) is 2. The highest BCUT2D eigenvalue weighted by Crippen LogP contribution is 2.20. The number of amides is 1. The molecule has 2 aromatic rings. The number of carbonyl (C=O) groups is 1. The zero-order valence-electron chi connectivity index (χ0n) is 12.9. The van der Waals surface area contributed by atoms with Gasteiger partial charge in [0.2, 0.25) is 0 Å². The largest absolute Gasteiger partial charge is 0.354 e. The third-order valence-corrected chi connectivity index (χ3v) is 4.60. The van der Waals surface area contributed by atoms with Crippen LogP contribution in [0.15, 0.2) is 47.2 Å². The summed E-state index contributed by atoms with van der Waals surface area (Å²) in [5, 5.41) is 6.39. The van der Waals surface area contributed by atoms with Crippen LogP contribution < -0.4 is 10.6 Å². The molecule has 120 valence electrons. The predicted octanol–water partition coefficient (Wildman–Crippen LogP) is 4.65. The molecule has 0 unspecified atom stereocenters. The van der Waals surface area contributed by atoms with Gasteiger partial charge in [-0.25, -0.2) is 0 Å². The lowest BCUT2D eigenvalue weighted by Gasteiger charge is -2.22. The molecule has 1 heterocycles. The summed E-state index contributed by atoms with van der Waals surface area (Å²) in [4.78, 5) is 16.6. The lowest BCUT2D eigenvalue weighted by molar-refractivity contribution is 0.0927. The first-order valence-corrected chi connectivity index (χ1v) is 8.78. The number of hydrogen-bond donors (Lipinski definition) is 2. The fraction of sp³-hybridized carbons (Fsp3) is 0.333. The number of benzene rings is 1. The molecule has 1 aliphatic carbocycles. The van der Waals surface area contributed by atoms with Crippen LogP contribution in [-0.4, -0.2) is 16.9 Å². The molecule has 1 fully saturated rings. The predicted molar refractivity (Wildman–Crippen MR) is 96.0 cm³/mol. The Kier molecular flexibility index (Phi) is 5.28. The second kappa shape index (κ2) is 7.59. The fourth-order valence-corrected chi connectivity index (χ4v) is 3.11. The molecule has 23 heavy (non-hydrogen) atoms. The molecule has 0 aliphatic heterocycles. The van der Waals surface area contributed by atoms with Crippen LogP contribution >= 0.6 is 15.9 Å². The molecule has 0 saturated heterocycles. The Labute approximate surface area is 144 Å². The lowest BCUT2D eigenvalue weighted by atomic mass is 9.95. The SMILES string of the molecule is O=C(NC1CCCCC1)c1cncc(Nc2ccc(Br)cc2)c1. The Morgan fingerprint density at radius 1 is 1.04 bits per heavy atom. The van der Waals surface area contributed by atoms with E-state index in [0.717, 1.165) is 28.7 Å². The molecule has 1 aromatic heterocycles. The molecule has 0 radical (unpaired) electrons. The summed E-state index contributed by atoms with van der Waals surface area (Å²) in [6, 6.07) is 10.0. The molecule has 1 amide bonds. The molecule has 5 heteroatoms. The average Bonchev–Trinajstić information content (AvgIpc) is 2.58. The van der Waals surface area contributed by atoms with Gasteiger partial charge in [0.15, 0.2) is 0 Å². The Morgan fingerprint density at radius 2 is 1.78 bits per heavy atom. The summed E-state index contributed by atoms with van der Waals surface area (Å²) in [5.74, 6) is -0.0381. The number of nitrogens with zero attached hydrogens (tertiary/aromatic N) is 1. The van der Waals surface area contributed by atoms with Crippen molar-refractivity contribution in [3.8, 4) is 0 Å². The van der Waals surface area contributed by atoms with Gasteiger partial charge in [-0.15, -0.1) is 0 Å². The van der Waals surface area contributed by atoms with Crippen molar-refractivity contribution in [2.24, 2.45) is 0 Å². The summed E-state index contributed by atoms with van der Waals surface area (Å²) in [5.41, 5.74) is 2.36. The van der Waals surface area contributed by atoms with E-state index < -0.39 is 0 Å². The topological polar surface area (TPSA) is 54.0 Å². The number of carbonyl (C=O) groups excluding carboxylic acids is 1. The standard InChI is InChI=1S/C18H20BrN3O/c19-14-6-8-16(9-7-14)21-17-10-13(11-20-12-17)18(23)22-15-4-2-1-3-5-15/h6-12,15,21H,1-5H2,(H,22,23). The highest BCUT2D eigenvalue weighted by molar-refractivity contribution is 9.10. The first-order chi connectivity index (χ1) is 11.2. The summed E-state index contributed by atoms with van der Waals surface area (Å²) < 4.78 is 1.03. The Balaban J connectivity index is 1.66. The maximum Gasteiger partial charge on any atom is 0.253 e. The van der Waals surface area contributed by atoms with Crippen LogP contribution in [0.2, 0.25) is 0 Å². The molecule has 2 N–H and O–H groups in total. The number of pyridine rings is 1. The van der Waals surface area contributed by atoms with Gasteiger partial charge in [-0.1, -0.05) is 35.2 Å². The van der Waals surface area contributed by atoms with E-state index >= 15 is 0 Å².